The molecule has 0 aliphatic carbocycles. The predicted molar refractivity (Wildman–Crippen MR) is 98.5 cm³/mol. The van der Waals surface area contributed by atoms with Crippen LogP contribution in [0.2, 0.25) is 0 Å². The zero-order chi connectivity index (χ0) is 19.5. The number of hydrogen-bond donors (Lipinski definition) is 2. The van der Waals surface area contributed by atoms with Crippen LogP contribution in [0, 0.1) is 0 Å². The first-order valence-corrected chi connectivity index (χ1v) is 8.83. The summed E-state index contributed by atoms with van der Waals surface area (Å²) < 4.78 is 9.76. The number of aromatic nitrogens is 1. The lowest BCUT2D eigenvalue weighted by atomic mass is 10.3. The van der Waals surface area contributed by atoms with Crippen LogP contribution < -0.4 is 10.6 Å². The van der Waals surface area contributed by atoms with E-state index in [9.17, 15) is 14.4 Å². The maximum Gasteiger partial charge on any atom is 0.341 e. The van der Waals surface area contributed by atoms with Gasteiger partial charge < -0.3 is 14.8 Å². The minimum atomic E-state index is -0.737. The molecule has 0 bridgehead atoms. The molecule has 0 aliphatic heterocycles. The van der Waals surface area contributed by atoms with Crippen molar-refractivity contribution in [2.24, 2.45) is 0 Å². The lowest BCUT2D eigenvalue weighted by Gasteiger charge is -2.09. The number of rotatable bonds is 8. The number of pyridine rings is 1. The summed E-state index contributed by atoms with van der Waals surface area (Å²) in [7, 11) is 1.49. The molecule has 0 saturated heterocycles. The Kier molecular flexibility index (Phi) is 8.27. The summed E-state index contributed by atoms with van der Waals surface area (Å²) in [6.45, 7) is -0.00845. The number of amides is 3. The molecule has 2 aromatic rings. The third-order valence-corrected chi connectivity index (χ3v) is 4.15. The number of benzene rings is 1. The van der Waals surface area contributed by atoms with Crippen LogP contribution in [-0.4, -0.2) is 49.8 Å². The molecule has 0 unspecified atom stereocenters. The number of urea groups is 1. The molecular formula is C18H19N3O5S. The highest BCUT2D eigenvalue weighted by molar-refractivity contribution is 7.99. The van der Waals surface area contributed by atoms with Gasteiger partial charge in [-0.15, -0.1) is 0 Å². The van der Waals surface area contributed by atoms with Crippen LogP contribution in [0.4, 0.5) is 4.79 Å². The summed E-state index contributed by atoms with van der Waals surface area (Å²) in [4.78, 5) is 40.5. The molecule has 1 heterocycles. The standard InChI is InChI=1S/C18H19N3O5S/c1-25-11-10-20-18(24)21-15(22)12-26-17(23)14-8-5-9-19-16(14)27-13-6-3-2-4-7-13/h2-9H,10-12H2,1H3,(H2,20,21,22,24). The normalized spacial score (nSPS) is 10.1. The highest BCUT2D eigenvalue weighted by atomic mass is 32.2. The van der Waals surface area contributed by atoms with Crippen molar-refractivity contribution in [2.45, 2.75) is 9.92 Å². The molecule has 2 rings (SSSR count). The minimum Gasteiger partial charge on any atom is -0.452 e. The third kappa shape index (κ3) is 7.08. The van der Waals surface area contributed by atoms with Gasteiger partial charge in [-0.2, -0.15) is 0 Å². The second kappa shape index (κ2) is 10.9. The molecule has 27 heavy (non-hydrogen) atoms. The summed E-state index contributed by atoms with van der Waals surface area (Å²) in [5.74, 6) is -1.43. The van der Waals surface area contributed by atoms with Gasteiger partial charge in [-0.25, -0.2) is 14.6 Å². The largest absolute Gasteiger partial charge is 0.452 e. The van der Waals surface area contributed by atoms with Gasteiger partial charge in [0.2, 0.25) is 0 Å². The van der Waals surface area contributed by atoms with E-state index >= 15 is 0 Å². The minimum absolute atomic E-state index is 0.240. The van der Waals surface area contributed by atoms with E-state index in [1.165, 1.54) is 18.9 Å². The molecule has 3 amide bonds. The molecule has 0 fully saturated rings. The average molecular weight is 389 g/mol. The van der Waals surface area contributed by atoms with Crippen molar-refractivity contribution < 1.29 is 23.9 Å². The van der Waals surface area contributed by atoms with E-state index < -0.39 is 24.5 Å². The zero-order valence-corrected chi connectivity index (χ0v) is 15.5. The maximum absolute atomic E-state index is 12.3. The number of esters is 1. The Balaban J connectivity index is 1.89. The summed E-state index contributed by atoms with van der Waals surface area (Å²) >= 11 is 1.31. The lowest BCUT2D eigenvalue weighted by molar-refractivity contribution is -0.123. The first kappa shape index (κ1) is 20.4. The average Bonchev–Trinajstić information content (AvgIpc) is 2.67. The molecule has 1 aromatic carbocycles. The molecule has 0 atom stereocenters. The molecule has 1 aromatic heterocycles. The number of carbonyl (C=O) groups excluding carboxylic acids is 3. The highest BCUT2D eigenvalue weighted by Gasteiger charge is 2.17. The first-order chi connectivity index (χ1) is 13.1. The van der Waals surface area contributed by atoms with Crippen LogP contribution >= 0.6 is 11.8 Å². The van der Waals surface area contributed by atoms with Crippen LogP contribution in [0.1, 0.15) is 10.4 Å². The van der Waals surface area contributed by atoms with Crippen molar-refractivity contribution in [1.29, 1.82) is 0 Å². The smallest absolute Gasteiger partial charge is 0.341 e. The topological polar surface area (TPSA) is 107 Å². The van der Waals surface area contributed by atoms with E-state index in [4.69, 9.17) is 9.47 Å². The van der Waals surface area contributed by atoms with E-state index in [-0.39, 0.29) is 12.1 Å². The maximum atomic E-state index is 12.3. The number of ether oxygens (including phenoxy) is 2. The molecule has 0 saturated carbocycles. The Hall–Kier alpha value is -2.91. The van der Waals surface area contributed by atoms with Gasteiger partial charge in [-0.05, 0) is 24.3 Å². The van der Waals surface area contributed by atoms with Crippen molar-refractivity contribution >= 4 is 29.7 Å². The van der Waals surface area contributed by atoms with Crippen molar-refractivity contribution in [3.63, 3.8) is 0 Å². The first-order valence-electron chi connectivity index (χ1n) is 8.02. The monoisotopic (exact) mass is 389 g/mol. The van der Waals surface area contributed by atoms with E-state index in [2.05, 4.69) is 15.6 Å². The van der Waals surface area contributed by atoms with Gasteiger partial charge in [-0.1, -0.05) is 30.0 Å². The Morgan fingerprint density at radius 2 is 1.89 bits per heavy atom. The SMILES string of the molecule is COCCNC(=O)NC(=O)COC(=O)c1cccnc1Sc1ccccc1. The Morgan fingerprint density at radius 1 is 1.11 bits per heavy atom. The molecule has 0 spiro atoms. The number of hydrogen-bond acceptors (Lipinski definition) is 7. The van der Waals surface area contributed by atoms with Crippen LogP contribution in [-0.2, 0) is 14.3 Å². The van der Waals surface area contributed by atoms with Gasteiger partial charge in [0.25, 0.3) is 5.91 Å². The Bertz CT molecular complexity index is 786. The molecule has 2 N–H and O–H groups in total. The van der Waals surface area contributed by atoms with Crippen molar-refractivity contribution in [3.05, 3.63) is 54.2 Å². The van der Waals surface area contributed by atoms with Crippen molar-refractivity contribution in [1.82, 2.24) is 15.6 Å². The molecular weight excluding hydrogens is 370 g/mol. The van der Waals surface area contributed by atoms with Gasteiger partial charge >= 0.3 is 12.0 Å². The lowest BCUT2D eigenvalue weighted by Crippen LogP contribution is -2.42. The van der Waals surface area contributed by atoms with Crippen molar-refractivity contribution in [3.8, 4) is 0 Å². The second-order valence-electron chi connectivity index (χ2n) is 5.14. The molecule has 0 aliphatic rings. The van der Waals surface area contributed by atoms with Crippen LogP contribution in [0.15, 0.2) is 58.6 Å². The van der Waals surface area contributed by atoms with E-state index in [1.807, 2.05) is 30.3 Å². The van der Waals surface area contributed by atoms with Gasteiger partial charge in [0.05, 0.1) is 12.2 Å². The van der Waals surface area contributed by atoms with Crippen LogP contribution in [0.5, 0.6) is 0 Å². The fourth-order valence-electron chi connectivity index (χ4n) is 1.91. The van der Waals surface area contributed by atoms with Gasteiger partial charge in [0.15, 0.2) is 6.61 Å². The number of methoxy groups -OCH3 is 1. The molecule has 0 radical (unpaired) electrons. The van der Waals surface area contributed by atoms with Gasteiger partial charge in [-0.3, -0.25) is 10.1 Å². The van der Waals surface area contributed by atoms with Gasteiger partial charge in [0.1, 0.15) is 5.03 Å². The third-order valence-electron chi connectivity index (χ3n) is 3.13. The van der Waals surface area contributed by atoms with E-state index in [0.717, 1.165) is 4.90 Å². The van der Waals surface area contributed by atoms with E-state index in [1.54, 1.807) is 18.3 Å². The second-order valence-corrected chi connectivity index (χ2v) is 6.21. The van der Waals surface area contributed by atoms with Gasteiger partial charge in [0, 0.05) is 24.7 Å². The summed E-state index contributed by atoms with van der Waals surface area (Å²) in [5.41, 5.74) is 0.240. The fourth-order valence-corrected chi connectivity index (χ4v) is 2.80. The summed E-state index contributed by atoms with van der Waals surface area (Å²) in [5, 5.41) is 4.94. The molecule has 142 valence electrons. The van der Waals surface area contributed by atoms with Crippen LogP contribution in [0.3, 0.4) is 0 Å². The summed E-state index contributed by atoms with van der Waals surface area (Å²) in [6, 6.07) is 11.9. The predicted octanol–water partition coefficient (Wildman–Crippen LogP) is 1.86. The number of nitrogens with one attached hydrogen (secondary N) is 2. The number of carbonyl (C=O) groups is 3. The number of nitrogens with zero attached hydrogens (tertiary/aromatic N) is 1. The zero-order valence-electron chi connectivity index (χ0n) is 14.6. The Morgan fingerprint density at radius 3 is 2.63 bits per heavy atom. The van der Waals surface area contributed by atoms with E-state index in [0.29, 0.717) is 11.6 Å². The molecule has 8 nitrogen and oxygen atoms in total. The van der Waals surface area contributed by atoms with Crippen LogP contribution in [0.25, 0.3) is 0 Å². The Labute approximate surface area is 160 Å². The summed E-state index contributed by atoms with van der Waals surface area (Å²) in [6.07, 6.45) is 1.57. The number of imide groups is 1. The quantitative estimate of drug-likeness (QED) is 0.524. The molecule has 9 heteroatoms. The highest BCUT2D eigenvalue weighted by Crippen LogP contribution is 2.28. The fraction of sp³-hybridized carbons (Fsp3) is 0.222. The van der Waals surface area contributed by atoms with Crippen molar-refractivity contribution in [2.75, 3.05) is 26.9 Å².